The average molecular weight is 396 g/mol. The number of carbonyl (C=O) groups excluding carboxylic acids is 1. The minimum atomic E-state index is -4.80. The molecular formula is C18H13F5N4O. The summed E-state index contributed by atoms with van der Waals surface area (Å²) in [5, 5.41) is 0. The van der Waals surface area contributed by atoms with Gasteiger partial charge >= 0.3 is 6.18 Å². The van der Waals surface area contributed by atoms with Gasteiger partial charge in [0.2, 0.25) is 6.41 Å². The Kier molecular flexibility index (Phi) is 4.88. The fourth-order valence-corrected chi connectivity index (χ4v) is 2.81. The first-order valence-corrected chi connectivity index (χ1v) is 7.90. The number of aromatic nitrogens is 3. The monoisotopic (exact) mass is 396 g/mol. The Hall–Kier alpha value is -3.30. The van der Waals surface area contributed by atoms with Crippen LogP contribution in [-0.4, -0.2) is 20.9 Å². The molecule has 0 spiro atoms. The second-order valence-electron chi connectivity index (χ2n) is 5.90. The molecule has 28 heavy (non-hydrogen) atoms. The third-order valence-electron chi connectivity index (χ3n) is 4.07. The summed E-state index contributed by atoms with van der Waals surface area (Å²) in [4.78, 5) is 19.9. The maximum absolute atomic E-state index is 14.2. The Morgan fingerprint density at radius 2 is 1.86 bits per heavy atom. The van der Waals surface area contributed by atoms with E-state index in [-0.39, 0.29) is 12.0 Å². The molecule has 0 atom stereocenters. The highest BCUT2D eigenvalue weighted by molar-refractivity contribution is 5.92. The summed E-state index contributed by atoms with van der Waals surface area (Å²) in [5.74, 6) is -3.14. The van der Waals surface area contributed by atoms with Crippen LogP contribution in [0.1, 0.15) is 11.4 Å². The number of amides is 1. The first kappa shape index (κ1) is 19.5. The van der Waals surface area contributed by atoms with Crippen molar-refractivity contribution in [3.63, 3.8) is 0 Å². The smallest absolute Gasteiger partial charge is 0.333 e. The van der Waals surface area contributed by atoms with Crippen LogP contribution in [-0.2, 0) is 18.0 Å². The molecule has 0 aliphatic rings. The summed E-state index contributed by atoms with van der Waals surface area (Å²) in [7, 11) is 1.60. The van der Waals surface area contributed by atoms with E-state index >= 15 is 0 Å². The Morgan fingerprint density at radius 3 is 2.43 bits per heavy atom. The number of benzene rings is 1. The molecule has 3 aromatic rings. The van der Waals surface area contributed by atoms with Crippen molar-refractivity contribution >= 4 is 17.9 Å². The fourth-order valence-electron chi connectivity index (χ4n) is 2.81. The second kappa shape index (κ2) is 7.02. The lowest BCUT2D eigenvalue weighted by molar-refractivity contribution is -0.141. The van der Waals surface area contributed by atoms with E-state index in [2.05, 4.69) is 9.97 Å². The molecule has 5 nitrogen and oxygen atoms in total. The van der Waals surface area contributed by atoms with Gasteiger partial charge in [-0.1, -0.05) is 6.07 Å². The van der Waals surface area contributed by atoms with E-state index < -0.39 is 35.0 Å². The molecule has 0 fully saturated rings. The zero-order chi connectivity index (χ0) is 20.6. The number of halogens is 5. The van der Waals surface area contributed by atoms with Gasteiger partial charge in [-0.05, 0) is 31.2 Å². The quantitative estimate of drug-likeness (QED) is 0.486. The number of anilines is 2. The van der Waals surface area contributed by atoms with Gasteiger partial charge in [0.15, 0.2) is 11.6 Å². The van der Waals surface area contributed by atoms with Crippen molar-refractivity contribution in [2.75, 3.05) is 4.90 Å². The highest BCUT2D eigenvalue weighted by Crippen LogP contribution is 2.38. The molecule has 0 saturated carbocycles. The molecule has 0 saturated heterocycles. The number of pyridine rings is 1. The number of alkyl halides is 3. The van der Waals surface area contributed by atoms with E-state index in [1.54, 1.807) is 14.0 Å². The van der Waals surface area contributed by atoms with E-state index in [0.29, 0.717) is 16.3 Å². The predicted octanol–water partition coefficient (Wildman–Crippen LogP) is 4.38. The molecule has 0 unspecified atom stereocenters. The van der Waals surface area contributed by atoms with Crippen molar-refractivity contribution in [2.24, 2.45) is 7.05 Å². The van der Waals surface area contributed by atoms with Crippen molar-refractivity contribution in [2.45, 2.75) is 13.1 Å². The minimum Gasteiger partial charge on any atom is -0.333 e. The van der Waals surface area contributed by atoms with E-state index in [4.69, 9.17) is 0 Å². The Bertz CT molecular complexity index is 1030. The lowest BCUT2D eigenvalue weighted by Crippen LogP contribution is -2.21. The lowest BCUT2D eigenvalue weighted by atomic mass is 10.1. The molecule has 0 aliphatic heterocycles. The van der Waals surface area contributed by atoms with Gasteiger partial charge in [0.25, 0.3) is 0 Å². The molecule has 0 bridgehead atoms. The largest absolute Gasteiger partial charge is 0.433 e. The van der Waals surface area contributed by atoms with Crippen LogP contribution in [0.5, 0.6) is 0 Å². The summed E-state index contributed by atoms with van der Waals surface area (Å²) in [5.41, 5.74) is -0.922. The van der Waals surface area contributed by atoms with Crippen LogP contribution in [0.3, 0.4) is 0 Å². The average Bonchev–Trinajstić information content (AvgIpc) is 2.97. The van der Waals surface area contributed by atoms with Gasteiger partial charge in [0.1, 0.15) is 11.5 Å². The second-order valence-corrected chi connectivity index (χ2v) is 5.90. The topological polar surface area (TPSA) is 51.0 Å². The van der Waals surface area contributed by atoms with E-state index in [9.17, 15) is 26.7 Å². The summed E-state index contributed by atoms with van der Waals surface area (Å²) in [6, 6.07) is 4.88. The van der Waals surface area contributed by atoms with Gasteiger partial charge < -0.3 is 4.57 Å². The Labute approximate surface area is 156 Å². The Morgan fingerprint density at radius 1 is 1.14 bits per heavy atom. The lowest BCUT2D eigenvalue weighted by Gasteiger charge is -2.22. The van der Waals surface area contributed by atoms with Crippen LogP contribution in [0.15, 0.2) is 36.7 Å². The van der Waals surface area contributed by atoms with E-state index in [1.807, 2.05) is 0 Å². The zero-order valence-electron chi connectivity index (χ0n) is 14.6. The molecule has 1 aromatic carbocycles. The summed E-state index contributed by atoms with van der Waals surface area (Å²) < 4.78 is 69.0. The SMILES string of the molecule is Cc1ncn(C)c1-c1ccc(C(F)(F)F)nc1N(C=O)c1cccc(F)c1F. The number of hydrogen-bond donors (Lipinski definition) is 0. The van der Waals surface area contributed by atoms with Crippen molar-refractivity contribution in [3.8, 4) is 11.3 Å². The Balaban J connectivity index is 2.32. The van der Waals surface area contributed by atoms with Crippen LogP contribution >= 0.6 is 0 Å². The van der Waals surface area contributed by atoms with Crippen molar-refractivity contribution in [1.29, 1.82) is 0 Å². The van der Waals surface area contributed by atoms with Crippen LogP contribution in [0.4, 0.5) is 33.5 Å². The van der Waals surface area contributed by atoms with Crippen molar-refractivity contribution in [3.05, 3.63) is 59.7 Å². The van der Waals surface area contributed by atoms with Crippen LogP contribution < -0.4 is 4.90 Å². The molecule has 2 aromatic heterocycles. The number of aryl methyl sites for hydroxylation is 2. The molecule has 10 heteroatoms. The van der Waals surface area contributed by atoms with Crippen LogP contribution in [0.25, 0.3) is 11.3 Å². The molecule has 2 heterocycles. The number of nitrogens with zero attached hydrogens (tertiary/aromatic N) is 4. The fraction of sp³-hybridized carbons (Fsp3) is 0.167. The van der Waals surface area contributed by atoms with Crippen molar-refractivity contribution < 1.29 is 26.7 Å². The van der Waals surface area contributed by atoms with Gasteiger partial charge in [-0.3, -0.25) is 9.69 Å². The maximum Gasteiger partial charge on any atom is 0.433 e. The standard InChI is InChI=1S/C18H13F5N4O/c1-10-16(26(2)8-24-10)11-6-7-14(18(21,22)23)25-17(11)27(9-28)13-5-3-4-12(19)15(13)20/h3-9H,1-2H3. The highest BCUT2D eigenvalue weighted by atomic mass is 19.4. The zero-order valence-corrected chi connectivity index (χ0v) is 14.6. The normalized spacial score (nSPS) is 11.5. The molecule has 1 amide bonds. The van der Waals surface area contributed by atoms with Gasteiger partial charge in [-0.2, -0.15) is 13.2 Å². The molecule has 0 N–H and O–H groups in total. The van der Waals surface area contributed by atoms with Gasteiger partial charge in [0, 0.05) is 12.6 Å². The summed E-state index contributed by atoms with van der Waals surface area (Å²) >= 11 is 0. The van der Waals surface area contributed by atoms with Gasteiger partial charge in [0.05, 0.1) is 23.4 Å². The van der Waals surface area contributed by atoms with Crippen LogP contribution in [0.2, 0.25) is 0 Å². The molecule has 0 aliphatic carbocycles. The summed E-state index contributed by atoms with van der Waals surface area (Å²) in [6.07, 6.45) is -3.29. The first-order valence-electron chi connectivity index (χ1n) is 7.90. The third-order valence-corrected chi connectivity index (χ3v) is 4.07. The third kappa shape index (κ3) is 3.32. The molecular weight excluding hydrogens is 383 g/mol. The first-order chi connectivity index (χ1) is 13.1. The minimum absolute atomic E-state index is 0.0789. The highest BCUT2D eigenvalue weighted by Gasteiger charge is 2.34. The number of carbonyl (C=O) groups is 1. The molecule has 0 radical (unpaired) electrons. The van der Waals surface area contributed by atoms with Gasteiger partial charge in [-0.15, -0.1) is 0 Å². The number of hydrogen-bond acceptors (Lipinski definition) is 3. The number of imidazole rings is 1. The van der Waals surface area contributed by atoms with Crippen molar-refractivity contribution in [1.82, 2.24) is 14.5 Å². The summed E-state index contributed by atoms with van der Waals surface area (Å²) in [6.45, 7) is 1.62. The van der Waals surface area contributed by atoms with E-state index in [1.165, 1.54) is 10.9 Å². The molecule has 146 valence electrons. The van der Waals surface area contributed by atoms with E-state index in [0.717, 1.165) is 30.3 Å². The van der Waals surface area contributed by atoms with Gasteiger partial charge in [-0.25, -0.2) is 18.7 Å². The number of rotatable bonds is 4. The predicted molar refractivity (Wildman–Crippen MR) is 90.7 cm³/mol. The maximum atomic E-state index is 14.2. The molecule has 3 rings (SSSR count). The van der Waals surface area contributed by atoms with Crippen LogP contribution in [0, 0.1) is 18.6 Å².